The Morgan fingerprint density at radius 1 is 1.64 bits per heavy atom. The molecule has 0 saturated carbocycles. The molecule has 4 nitrogen and oxygen atoms in total. The maximum Gasteiger partial charge on any atom is 0.140 e. The molecule has 1 aliphatic heterocycles. The molecule has 0 unspecified atom stereocenters. The molecule has 1 saturated heterocycles. The van der Waals surface area contributed by atoms with E-state index in [0.29, 0.717) is 0 Å². The summed E-state index contributed by atoms with van der Waals surface area (Å²) in [5.74, 6) is 0. The quantitative estimate of drug-likeness (QED) is 0.382. The fourth-order valence-electron chi connectivity index (χ4n) is 1.19. The molecular weight excluding hydrogens is 153 g/mol. The van der Waals surface area contributed by atoms with E-state index < -0.39 is 31.0 Å². The summed E-state index contributed by atoms with van der Waals surface area (Å²) in [5.41, 5.74) is 0. The normalized spacial score (nSPS) is 40.9. The molecule has 1 fully saturated rings. The van der Waals surface area contributed by atoms with E-state index in [1.807, 2.05) is 0 Å². The van der Waals surface area contributed by atoms with Crippen LogP contribution in [0.4, 0.5) is 4.39 Å². The molecule has 5 heteroatoms. The summed E-state index contributed by atoms with van der Waals surface area (Å²) in [6, 6.07) is -0.741. The number of aliphatic hydroxyl groups is 3. The average molecular weight is 165 g/mol. The van der Waals surface area contributed by atoms with Gasteiger partial charge in [-0.3, -0.25) is 0 Å². The molecule has 0 amide bonds. The van der Waals surface area contributed by atoms with Crippen LogP contribution in [-0.4, -0.2) is 52.9 Å². The van der Waals surface area contributed by atoms with E-state index in [4.69, 9.17) is 15.3 Å². The van der Waals surface area contributed by atoms with E-state index in [1.54, 1.807) is 0 Å². The Bertz CT molecular complexity index is 135. The standard InChI is InChI=1S/C6H12FNO3/c7-3-1-8-5(6(3)11)4(10)2-9/h3-6,8-11H,1-2H2/t3-,4+,5-,6+/m1/s1. The maximum absolute atomic E-state index is 12.6. The number of aliphatic hydroxyl groups excluding tert-OH is 3. The van der Waals surface area contributed by atoms with Gasteiger partial charge < -0.3 is 20.6 Å². The maximum atomic E-state index is 12.6. The van der Waals surface area contributed by atoms with Crippen molar-refractivity contribution in [3.05, 3.63) is 0 Å². The SMILES string of the molecule is OC[C@H](O)[C@H]1NC[C@@H](F)[C@@H]1O. The van der Waals surface area contributed by atoms with Crippen molar-refractivity contribution in [2.24, 2.45) is 0 Å². The Labute approximate surface area is 63.7 Å². The molecule has 0 bridgehead atoms. The Balaban J connectivity index is 2.47. The minimum atomic E-state index is -1.35. The van der Waals surface area contributed by atoms with Crippen molar-refractivity contribution in [1.82, 2.24) is 5.32 Å². The van der Waals surface area contributed by atoms with Gasteiger partial charge in [0.05, 0.1) is 18.8 Å². The monoisotopic (exact) mass is 165 g/mol. The molecule has 1 rings (SSSR count). The highest BCUT2D eigenvalue weighted by Crippen LogP contribution is 2.13. The third-order valence-corrected chi connectivity index (χ3v) is 1.89. The highest BCUT2D eigenvalue weighted by molar-refractivity contribution is 4.94. The van der Waals surface area contributed by atoms with Gasteiger partial charge >= 0.3 is 0 Å². The van der Waals surface area contributed by atoms with E-state index in [0.717, 1.165) is 0 Å². The van der Waals surface area contributed by atoms with Gasteiger partial charge in [0.25, 0.3) is 0 Å². The fraction of sp³-hybridized carbons (Fsp3) is 1.00. The van der Waals surface area contributed by atoms with Gasteiger partial charge in [0.1, 0.15) is 12.3 Å². The second kappa shape index (κ2) is 3.44. The fourth-order valence-corrected chi connectivity index (χ4v) is 1.19. The number of hydrogen-bond donors (Lipinski definition) is 4. The largest absolute Gasteiger partial charge is 0.394 e. The first kappa shape index (κ1) is 8.86. The van der Waals surface area contributed by atoms with Gasteiger partial charge in [-0.2, -0.15) is 0 Å². The summed E-state index contributed by atoms with van der Waals surface area (Å²) >= 11 is 0. The van der Waals surface area contributed by atoms with E-state index in [2.05, 4.69) is 5.32 Å². The lowest BCUT2D eigenvalue weighted by Gasteiger charge is -2.19. The van der Waals surface area contributed by atoms with Crippen LogP contribution in [0.5, 0.6) is 0 Å². The van der Waals surface area contributed by atoms with Crippen LogP contribution in [-0.2, 0) is 0 Å². The van der Waals surface area contributed by atoms with Crippen LogP contribution in [0.25, 0.3) is 0 Å². The van der Waals surface area contributed by atoms with Gasteiger partial charge in [-0.1, -0.05) is 0 Å². The van der Waals surface area contributed by atoms with Crippen molar-refractivity contribution in [3.8, 4) is 0 Å². The summed E-state index contributed by atoms with van der Waals surface area (Å²) in [6.07, 6.45) is -3.65. The number of hydrogen-bond acceptors (Lipinski definition) is 4. The Morgan fingerprint density at radius 2 is 2.27 bits per heavy atom. The molecule has 0 aliphatic carbocycles. The van der Waals surface area contributed by atoms with E-state index in [1.165, 1.54) is 0 Å². The van der Waals surface area contributed by atoms with Crippen LogP contribution < -0.4 is 5.32 Å². The molecule has 4 atom stereocenters. The zero-order valence-electron chi connectivity index (χ0n) is 5.94. The summed E-state index contributed by atoms with van der Waals surface area (Å²) in [4.78, 5) is 0. The van der Waals surface area contributed by atoms with Crippen LogP contribution in [0.3, 0.4) is 0 Å². The molecule has 66 valence electrons. The van der Waals surface area contributed by atoms with Crippen molar-refractivity contribution in [3.63, 3.8) is 0 Å². The van der Waals surface area contributed by atoms with Crippen molar-refractivity contribution in [1.29, 1.82) is 0 Å². The second-order valence-electron chi connectivity index (χ2n) is 2.69. The first-order valence-corrected chi connectivity index (χ1v) is 3.51. The smallest absolute Gasteiger partial charge is 0.140 e. The van der Waals surface area contributed by atoms with E-state index in [9.17, 15) is 4.39 Å². The van der Waals surface area contributed by atoms with Crippen LogP contribution in [0.1, 0.15) is 0 Å². The van der Waals surface area contributed by atoms with Gasteiger partial charge in [0, 0.05) is 6.54 Å². The lowest BCUT2D eigenvalue weighted by molar-refractivity contribution is 0.00897. The highest BCUT2D eigenvalue weighted by atomic mass is 19.1. The molecule has 1 aliphatic rings. The zero-order chi connectivity index (χ0) is 8.43. The van der Waals surface area contributed by atoms with E-state index >= 15 is 0 Å². The Morgan fingerprint density at radius 3 is 2.64 bits per heavy atom. The summed E-state index contributed by atoms with van der Waals surface area (Å²) < 4.78 is 12.6. The van der Waals surface area contributed by atoms with Gasteiger partial charge in [-0.15, -0.1) is 0 Å². The average Bonchev–Trinajstić information content (AvgIpc) is 2.32. The number of halogens is 1. The van der Waals surface area contributed by atoms with Gasteiger partial charge in [-0.25, -0.2) is 4.39 Å². The topological polar surface area (TPSA) is 72.7 Å². The summed E-state index contributed by atoms with van der Waals surface area (Å²) in [6.45, 7) is -0.440. The van der Waals surface area contributed by atoms with Crippen LogP contribution in [0, 0.1) is 0 Å². The van der Waals surface area contributed by atoms with Crippen LogP contribution in [0.2, 0.25) is 0 Å². The van der Waals surface area contributed by atoms with Crippen LogP contribution in [0.15, 0.2) is 0 Å². The third kappa shape index (κ3) is 1.67. The molecule has 0 aromatic rings. The molecule has 0 radical (unpaired) electrons. The molecule has 4 N–H and O–H groups in total. The molecule has 0 spiro atoms. The van der Waals surface area contributed by atoms with Crippen molar-refractivity contribution < 1.29 is 19.7 Å². The first-order chi connectivity index (χ1) is 5.16. The molecule has 1 heterocycles. The Hall–Kier alpha value is -0.230. The minimum Gasteiger partial charge on any atom is -0.394 e. The van der Waals surface area contributed by atoms with Gasteiger partial charge in [0.2, 0.25) is 0 Å². The zero-order valence-corrected chi connectivity index (χ0v) is 5.94. The minimum absolute atomic E-state index is 0.0306. The predicted molar refractivity (Wildman–Crippen MR) is 35.8 cm³/mol. The first-order valence-electron chi connectivity index (χ1n) is 3.51. The lowest BCUT2D eigenvalue weighted by Crippen LogP contribution is -2.44. The molecule has 0 aromatic heterocycles. The van der Waals surface area contributed by atoms with E-state index in [-0.39, 0.29) is 6.54 Å². The number of rotatable bonds is 2. The van der Waals surface area contributed by atoms with Crippen LogP contribution >= 0.6 is 0 Å². The van der Waals surface area contributed by atoms with Crippen molar-refractivity contribution in [2.75, 3.05) is 13.2 Å². The third-order valence-electron chi connectivity index (χ3n) is 1.89. The molecule has 0 aromatic carbocycles. The summed E-state index contributed by atoms with van der Waals surface area (Å²) in [5, 5.41) is 29.1. The highest BCUT2D eigenvalue weighted by Gasteiger charge is 2.38. The number of nitrogens with one attached hydrogen (secondary N) is 1. The predicted octanol–water partition coefficient (Wildman–Crippen LogP) is -1.99. The van der Waals surface area contributed by atoms with Crippen molar-refractivity contribution in [2.45, 2.75) is 24.4 Å². The van der Waals surface area contributed by atoms with Gasteiger partial charge in [-0.05, 0) is 0 Å². The summed E-state index contributed by atoms with van der Waals surface area (Å²) in [7, 11) is 0. The molecule has 11 heavy (non-hydrogen) atoms. The van der Waals surface area contributed by atoms with Crippen molar-refractivity contribution >= 4 is 0 Å². The second-order valence-corrected chi connectivity index (χ2v) is 2.69. The molecular formula is C6H12FNO3. The Kier molecular flexibility index (Phi) is 2.78. The lowest BCUT2D eigenvalue weighted by atomic mass is 10.1. The number of alkyl halides is 1. The van der Waals surface area contributed by atoms with Gasteiger partial charge in [0.15, 0.2) is 0 Å².